The van der Waals surface area contributed by atoms with E-state index in [-0.39, 0.29) is 24.2 Å². The van der Waals surface area contributed by atoms with Crippen LogP contribution in [0.2, 0.25) is 0 Å². The van der Waals surface area contributed by atoms with E-state index < -0.39 is 4.92 Å². The minimum atomic E-state index is -0.472. The predicted molar refractivity (Wildman–Crippen MR) is 80.7 cm³/mol. The van der Waals surface area contributed by atoms with Crippen molar-refractivity contribution in [3.63, 3.8) is 0 Å². The second-order valence-electron chi connectivity index (χ2n) is 4.92. The zero-order valence-corrected chi connectivity index (χ0v) is 12.5. The summed E-state index contributed by atoms with van der Waals surface area (Å²) < 4.78 is 1.71. The largest absolute Gasteiger partial charge is 0.396 e. The van der Waals surface area contributed by atoms with Crippen molar-refractivity contribution in [2.45, 2.75) is 25.3 Å². The standard InChI is InChI=1S/C13H19N3O4S/c17-5-1-6-21-7-4-14-13(18)12-8-11(16(19)20)9-15(12)10-2-3-10/h8-10,17H,1-7H2,(H,14,18). The molecule has 0 aliphatic heterocycles. The molecule has 1 amide bonds. The van der Waals surface area contributed by atoms with Gasteiger partial charge in [0.15, 0.2) is 0 Å². The number of nitrogens with zero attached hydrogens (tertiary/aromatic N) is 2. The molecule has 1 aromatic heterocycles. The second-order valence-corrected chi connectivity index (χ2v) is 6.15. The molecule has 1 fully saturated rings. The van der Waals surface area contributed by atoms with E-state index in [4.69, 9.17) is 5.11 Å². The molecule has 1 saturated carbocycles. The number of carbonyl (C=O) groups is 1. The summed E-state index contributed by atoms with van der Waals surface area (Å²) in [6, 6.07) is 1.56. The van der Waals surface area contributed by atoms with E-state index in [1.54, 1.807) is 16.3 Å². The van der Waals surface area contributed by atoms with Crippen LogP contribution in [0.1, 0.15) is 35.8 Å². The topological polar surface area (TPSA) is 97.4 Å². The van der Waals surface area contributed by atoms with Gasteiger partial charge in [0, 0.05) is 31.0 Å². The molecule has 2 rings (SSSR count). The van der Waals surface area contributed by atoms with Crippen LogP contribution in [0.25, 0.3) is 0 Å². The Morgan fingerprint density at radius 3 is 2.90 bits per heavy atom. The van der Waals surface area contributed by atoms with Crippen LogP contribution in [0.5, 0.6) is 0 Å². The molecule has 1 aliphatic carbocycles. The number of carbonyl (C=O) groups excluding carboxylic acids is 1. The Hall–Kier alpha value is -1.54. The molecule has 0 aromatic carbocycles. The van der Waals surface area contributed by atoms with Gasteiger partial charge in [0.1, 0.15) is 5.69 Å². The monoisotopic (exact) mass is 313 g/mol. The first-order valence-electron chi connectivity index (χ1n) is 6.96. The van der Waals surface area contributed by atoms with Crippen molar-refractivity contribution in [1.82, 2.24) is 9.88 Å². The summed E-state index contributed by atoms with van der Waals surface area (Å²) in [5.41, 5.74) is 0.328. The Balaban J connectivity index is 1.88. The van der Waals surface area contributed by atoms with Crippen LogP contribution < -0.4 is 5.32 Å². The van der Waals surface area contributed by atoms with Gasteiger partial charge in [-0.2, -0.15) is 11.8 Å². The highest BCUT2D eigenvalue weighted by Gasteiger charge is 2.30. The number of hydrogen-bond donors (Lipinski definition) is 2. The maximum Gasteiger partial charge on any atom is 0.287 e. The molecule has 1 aromatic rings. The van der Waals surface area contributed by atoms with E-state index in [0.717, 1.165) is 30.8 Å². The van der Waals surface area contributed by atoms with Crippen LogP contribution >= 0.6 is 11.8 Å². The lowest BCUT2D eigenvalue weighted by Gasteiger charge is -2.07. The summed E-state index contributed by atoms with van der Waals surface area (Å²) in [6.45, 7) is 0.691. The number of rotatable bonds is 9. The van der Waals surface area contributed by atoms with Crippen molar-refractivity contribution in [2.75, 3.05) is 24.7 Å². The molecule has 21 heavy (non-hydrogen) atoms. The highest BCUT2D eigenvalue weighted by Crippen LogP contribution is 2.37. The van der Waals surface area contributed by atoms with E-state index in [1.807, 2.05) is 0 Å². The zero-order chi connectivity index (χ0) is 15.2. The molecule has 1 heterocycles. The van der Waals surface area contributed by atoms with Crippen molar-refractivity contribution >= 4 is 23.4 Å². The Morgan fingerprint density at radius 2 is 2.29 bits per heavy atom. The highest BCUT2D eigenvalue weighted by molar-refractivity contribution is 7.99. The average Bonchev–Trinajstić information content (AvgIpc) is 3.20. The molecule has 2 N–H and O–H groups in total. The van der Waals surface area contributed by atoms with Gasteiger partial charge in [0.05, 0.1) is 11.1 Å². The molecule has 8 heteroatoms. The van der Waals surface area contributed by atoms with Gasteiger partial charge in [-0.05, 0) is 25.0 Å². The molecule has 116 valence electrons. The van der Waals surface area contributed by atoms with Crippen LogP contribution in [-0.4, -0.2) is 45.2 Å². The molecule has 7 nitrogen and oxygen atoms in total. The summed E-state index contributed by atoms with van der Waals surface area (Å²) in [5, 5.41) is 22.3. The van der Waals surface area contributed by atoms with Crippen molar-refractivity contribution < 1.29 is 14.8 Å². The first-order chi connectivity index (χ1) is 10.1. The first-order valence-corrected chi connectivity index (χ1v) is 8.12. The van der Waals surface area contributed by atoms with Crippen LogP contribution in [0.4, 0.5) is 5.69 Å². The Labute approximate surface area is 126 Å². The van der Waals surface area contributed by atoms with Crippen molar-refractivity contribution in [3.8, 4) is 0 Å². The lowest BCUT2D eigenvalue weighted by atomic mass is 10.3. The van der Waals surface area contributed by atoms with Gasteiger partial charge in [-0.25, -0.2) is 0 Å². The van der Waals surface area contributed by atoms with Crippen LogP contribution in [-0.2, 0) is 0 Å². The molecule has 0 saturated heterocycles. The first kappa shape index (κ1) is 15.8. The van der Waals surface area contributed by atoms with Gasteiger partial charge in [-0.1, -0.05) is 0 Å². The Morgan fingerprint density at radius 1 is 1.52 bits per heavy atom. The molecule has 1 aliphatic rings. The van der Waals surface area contributed by atoms with E-state index in [1.165, 1.54) is 12.3 Å². The van der Waals surface area contributed by atoms with E-state index >= 15 is 0 Å². The summed E-state index contributed by atoms with van der Waals surface area (Å²) >= 11 is 1.66. The molecule has 0 atom stereocenters. The smallest absolute Gasteiger partial charge is 0.287 e. The molecule has 0 radical (unpaired) electrons. The lowest BCUT2D eigenvalue weighted by molar-refractivity contribution is -0.384. The summed E-state index contributed by atoms with van der Waals surface area (Å²) in [6.07, 6.45) is 4.12. The number of aromatic nitrogens is 1. The van der Waals surface area contributed by atoms with Crippen LogP contribution in [0, 0.1) is 10.1 Å². The predicted octanol–water partition coefficient (Wildman–Crippen LogP) is 1.58. The van der Waals surface area contributed by atoms with Gasteiger partial charge in [-0.15, -0.1) is 0 Å². The second kappa shape index (κ2) is 7.46. The minimum Gasteiger partial charge on any atom is -0.396 e. The quantitative estimate of drug-likeness (QED) is 0.410. The fraction of sp³-hybridized carbons (Fsp3) is 0.615. The Kier molecular flexibility index (Phi) is 5.63. The fourth-order valence-electron chi connectivity index (χ4n) is 2.00. The minimum absolute atomic E-state index is 0.0376. The number of hydrogen-bond acceptors (Lipinski definition) is 5. The SMILES string of the molecule is O=C(NCCSCCCO)c1cc([N+](=O)[O-])cn1C1CC1. The molecule has 0 unspecified atom stereocenters. The zero-order valence-electron chi connectivity index (χ0n) is 11.7. The third kappa shape index (κ3) is 4.47. The lowest BCUT2D eigenvalue weighted by Crippen LogP contribution is -2.27. The average molecular weight is 313 g/mol. The Bertz CT molecular complexity index is 514. The van der Waals surface area contributed by atoms with E-state index in [0.29, 0.717) is 12.2 Å². The van der Waals surface area contributed by atoms with Gasteiger partial charge >= 0.3 is 0 Å². The maximum absolute atomic E-state index is 12.1. The van der Waals surface area contributed by atoms with Gasteiger partial charge in [0.25, 0.3) is 11.6 Å². The van der Waals surface area contributed by atoms with Crippen molar-refractivity contribution in [1.29, 1.82) is 0 Å². The number of aliphatic hydroxyl groups excluding tert-OH is 1. The number of nitro groups is 1. The van der Waals surface area contributed by atoms with Crippen molar-refractivity contribution in [3.05, 3.63) is 28.1 Å². The maximum atomic E-state index is 12.1. The number of nitrogens with one attached hydrogen (secondary N) is 1. The van der Waals surface area contributed by atoms with Crippen LogP contribution in [0.15, 0.2) is 12.3 Å². The van der Waals surface area contributed by atoms with E-state index in [9.17, 15) is 14.9 Å². The number of amides is 1. The molecular formula is C13H19N3O4S. The summed E-state index contributed by atoms with van der Waals surface area (Å²) in [4.78, 5) is 22.5. The third-order valence-corrected chi connectivity index (χ3v) is 4.27. The molecular weight excluding hydrogens is 294 g/mol. The van der Waals surface area contributed by atoms with Crippen molar-refractivity contribution in [2.24, 2.45) is 0 Å². The van der Waals surface area contributed by atoms with Crippen LogP contribution in [0.3, 0.4) is 0 Å². The molecule has 0 bridgehead atoms. The number of aliphatic hydroxyl groups is 1. The molecule has 0 spiro atoms. The summed E-state index contributed by atoms with van der Waals surface area (Å²) in [7, 11) is 0. The highest BCUT2D eigenvalue weighted by atomic mass is 32.2. The van der Waals surface area contributed by atoms with E-state index in [2.05, 4.69) is 5.32 Å². The van der Waals surface area contributed by atoms with Gasteiger partial charge < -0.3 is 15.0 Å². The number of thioether (sulfide) groups is 1. The normalized spacial score (nSPS) is 14.1. The third-order valence-electron chi connectivity index (χ3n) is 3.20. The van der Waals surface area contributed by atoms with Gasteiger partial charge in [-0.3, -0.25) is 14.9 Å². The summed E-state index contributed by atoms with van der Waals surface area (Å²) in [5.74, 6) is 1.35. The fourth-order valence-corrected chi connectivity index (χ4v) is 2.78. The van der Waals surface area contributed by atoms with Gasteiger partial charge in [0.2, 0.25) is 0 Å².